The van der Waals surface area contributed by atoms with Gasteiger partial charge in [-0.2, -0.15) is 4.98 Å². The molecule has 1 aromatic heterocycles. The molecule has 2 aromatic rings. The average Bonchev–Trinajstić information content (AvgIpc) is 3.09. The lowest BCUT2D eigenvalue weighted by Gasteiger charge is -2.27. The van der Waals surface area contributed by atoms with Crippen LogP contribution in [0.2, 0.25) is 0 Å². The molecule has 5 heteroatoms. The number of aromatic nitrogens is 2. The van der Waals surface area contributed by atoms with Gasteiger partial charge in [0, 0.05) is 12.1 Å². The molecule has 5 nitrogen and oxygen atoms in total. The predicted molar refractivity (Wildman–Crippen MR) is 79.5 cm³/mol. The molecule has 21 heavy (non-hydrogen) atoms. The largest absolute Gasteiger partial charge is 0.389 e. The summed E-state index contributed by atoms with van der Waals surface area (Å²) in [5.41, 5.74) is 0.404. The molecule has 1 aliphatic carbocycles. The SMILES string of the molecule is CN(Cc1nc(-c2ccccc2)no1)CC1(O)CCCC1. The van der Waals surface area contributed by atoms with Crippen LogP contribution in [0.3, 0.4) is 0 Å². The van der Waals surface area contributed by atoms with Gasteiger partial charge in [0.25, 0.3) is 0 Å². The Bertz CT molecular complexity index is 576. The number of benzene rings is 1. The number of hydrogen-bond donors (Lipinski definition) is 1. The lowest BCUT2D eigenvalue weighted by Crippen LogP contribution is -2.38. The van der Waals surface area contributed by atoms with Gasteiger partial charge in [0.05, 0.1) is 12.1 Å². The first-order valence-corrected chi connectivity index (χ1v) is 7.44. The standard InChI is InChI=1S/C16H21N3O2/c1-19(12-16(20)9-5-6-10-16)11-14-17-15(18-21-14)13-7-3-2-4-8-13/h2-4,7-8,20H,5-6,9-12H2,1H3. The van der Waals surface area contributed by atoms with Gasteiger partial charge in [-0.1, -0.05) is 48.3 Å². The number of hydrogen-bond acceptors (Lipinski definition) is 5. The Morgan fingerprint density at radius 3 is 2.67 bits per heavy atom. The smallest absolute Gasteiger partial charge is 0.241 e. The topological polar surface area (TPSA) is 62.4 Å². The van der Waals surface area contributed by atoms with Crippen molar-refractivity contribution in [3.05, 3.63) is 36.2 Å². The van der Waals surface area contributed by atoms with Crippen LogP contribution >= 0.6 is 0 Å². The fourth-order valence-corrected chi connectivity index (χ4v) is 3.00. The van der Waals surface area contributed by atoms with Crippen LogP contribution in [0.25, 0.3) is 11.4 Å². The Morgan fingerprint density at radius 2 is 1.95 bits per heavy atom. The molecule has 1 aliphatic rings. The fraction of sp³-hybridized carbons (Fsp3) is 0.500. The van der Waals surface area contributed by atoms with Crippen LogP contribution < -0.4 is 0 Å². The third-order valence-electron chi connectivity index (χ3n) is 4.00. The monoisotopic (exact) mass is 287 g/mol. The van der Waals surface area contributed by atoms with Crippen LogP contribution in [0.4, 0.5) is 0 Å². The highest BCUT2D eigenvalue weighted by atomic mass is 16.5. The van der Waals surface area contributed by atoms with Crippen molar-refractivity contribution in [1.82, 2.24) is 15.0 Å². The van der Waals surface area contributed by atoms with Gasteiger partial charge in [-0.25, -0.2) is 0 Å². The molecular weight excluding hydrogens is 266 g/mol. The van der Waals surface area contributed by atoms with E-state index in [0.29, 0.717) is 24.8 Å². The maximum atomic E-state index is 10.4. The number of rotatable bonds is 5. The minimum atomic E-state index is -0.545. The lowest BCUT2D eigenvalue weighted by molar-refractivity contribution is 0.0124. The molecule has 0 unspecified atom stereocenters. The second-order valence-electron chi connectivity index (χ2n) is 5.98. The van der Waals surface area contributed by atoms with Crippen molar-refractivity contribution in [3.63, 3.8) is 0 Å². The Balaban J connectivity index is 1.62. The van der Waals surface area contributed by atoms with Gasteiger partial charge >= 0.3 is 0 Å². The zero-order valence-electron chi connectivity index (χ0n) is 12.3. The minimum absolute atomic E-state index is 0.545. The van der Waals surface area contributed by atoms with E-state index in [1.807, 2.05) is 42.3 Å². The molecule has 1 aromatic carbocycles. The van der Waals surface area contributed by atoms with E-state index in [1.165, 1.54) is 0 Å². The summed E-state index contributed by atoms with van der Waals surface area (Å²) >= 11 is 0. The van der Waals surface area contributed by atoms with Crippen molar-refractivity contribution in [3.8, 4) is 11.4 Å². The first-order valence-electron chi connectivity index (χ1n) is 7.44. The normalized spacial score (nSPS) is 17.5. The zero-order valence-corrected chi connectivity index (χ0v) is 12.3. The Kier molecular flexibility index (Phi) is 4.03. The van der Waals surface area contributed by atoms with E-state index >= 15 is 0 Å². The molecular formula is C16H21N3O2. The number of likely N-dealkylation sites (N-methyl/N-ethyl adjacent to an activating group) is 1. The highest BCUT2D eigenvalue weighted by Crippen LogP contribution is 2.30. The molecule has 1 saturated carbocycles. The molecule has 0 aliphatic heterocycles. The number of aliphatic hydroxyl groups is 1. The molecule has 0 bridgehead atoms. The molecule has 0 spiro atoms. The second-order valence-corrected chi connectivity index (χ2v) is 5.98. The van der Waals surface area contributed by atoms with Crippen molar-refractivity contribution < 1.29 is 9.63 Å². The summed E-state index contributed by atoms with van der Waals surface area (Å²) in [6, 6.07) is 9.78. The van der Waals surface area contributed by atoms with Gasteiger partial charge in [-0.15, -0.1) is 0 Å². The molecule has 3 rings (SSSR count). The van der Waals surface area contributed by atoms with Gasteiger partial charge in [-0.3, -0.25) is 4.90 Å². The van der Waals surface area contributed by atoms with E-state index in [9.17, 15) is 5.11 Å². The summed E-state index contributed by atoms with van der Waals surface area (Å²) in [6.07, 6.45) is 4.00. The van der Waals surface area contributed by atoms with E-state index in [4.69, 9.17) is 4.52 Å². The van der Waals surface area contributed by atoms with Crippen LogP contribution in [0.15, 0.2) is 34.9 Å². The van der Waals surface area contributed by atoms with Gasteiger partial charge in [0.2, 0.25) is 11.7 Å². The molecule has 1 N–H and O–H groups in total. The predicted octanol–water partition coefficient (Wildman–Crippen LogP) is 2.47. The highest BCUT2D eigenvalue weighted by molar-refractivity contribution is 5.53. The fourth-order valence-electron chi connectivity index (χ4n) is 3.00. The first-order chi connectivity index (χ1) is 10.1. The molecule has 1 fully saturated rings. The van der Waals surface area contributed by atoms with E-state index < -0.39 is 5.60 Å². The van der Waals surface area contributed by atoms with Crippen molar-refractivity contribution >= 4 is 0 Å². The maximum absolute atomic E-state index is 10.4. The van der Waals surface area contributed by atoms with Crippen molar-refractivity contribution in [2.24, 2.45) is 0 Å². The van der Waals surface area contributed by atoms with Gasteiger partial charge < -0.3 is 9.63 Å². The van der Waals surface area contributed by atoms with Crippen molar-refractivity contribution in [1.29, 1.82) is 0 Å². The van der Waals surface area contributed by atoms with Crippen LogP contribution in [0.1, 0.15) is 31.6 Å². The number of nitrogens with zero attached hydrogens (tertiary/aromatic N) is 3. The Morgan fingerprint density at radius 1 is 1.24 bits per heavy atom. The summed E-state index contributed by atoms with van der Waals surface area (Å²) in [7, 11) is 1.97. The van der Waals surface area contributed by atoms with Crippen LogP contribution in [-0.2, 0) is 6.54 Å². The molecule has 1 heterocycles. The second kappa shape index (κ2) is 5.95. The lowest BCUT2D eigenvalue weighted by atomic mass is 10.0. The van der Waals surface area contributed by atoms with E-state index in [2.05, 4.69) is 10.1 Å². The Labute approximate surface area is 124 Å². The summed E-state index contributed by atoms with van der Waals surface area (Å²) in [6.45, 7) is 1.21. The minimum Gasteiger partial charge on any atom is -0.389 e. The van der Waals surface area contributed by atoms with Crippen LogP contribution in [0, 0.1) is 0 Å². The van der Waals surface area contributed by atoms with E-state index in [-0.39, 0.29) is 0 Å². The van der Waals surface area contributed by atoms with Crippen LogP contribution in [-0.4, -0.2) is 39.3 Å². The quantitative estimate of drug-likeness (QED) is 0.915. The first kappa shape index (κ1) is 14.2. The maximum Gasteiger partial charge on any atom is 0.241 e. The van der Waals surface area contributed by atoms with Crippen molar-refractivity contribution in [2.45, 2.75) is 37.8 Å². The summed E-state index contributed by atoms with van der Waals surface area (Å²) in [5.74, 6) is 1.19. The highest BCUT2D eigenvalue weighted by Gasteiger charge is 2.32. The average molecular weight is 287 g/mol. The molecule has 0 radical (unpaired) electrons. The van der Waals surface area contributed by atoms with Gasteiger partial charge in [0.1, 0.15) is 0 Å². The van der Waals surface area contributed by atoms with Crippen molar-refractivity contribution in [2.75, 3.05) is 13.6 Å². The van der Waals surface area contributed by atoms with Gasteiger partial charge in [0.15, 0.2) is 0 Å². The summed E-state index contributed by atoms with van der Waals surface area (Å²) in [4.78, 5) is 6.47. The molecule has 0 saturated heterocycles. The summed E-state index contributed by atoms with van der Waals surface area (Å²) < 4.78 is 5.30. The molecule has 0 atom stereocenters. The third kappa shape index (κ3) is 3.49. The van der Waals surface area contributed by atoms with Gasteiger partial charge in [-0.05, 0) is 19.9 Å². The zero-order chi connectivity index (χ0) is 14.7. The van der Waals surface area contributed by atoms with Crippen LogP contribution in [0.5, 0.6) is 0 Å². The van der Waals surface area contributed by atoms with E-state index in [0.717, 1.165) is 31.2 Å². The summed E-state index contributed by atoms with van der Waals surface area (Å²) in [5, 5.41) is 14.4. The molecule has 0 amide bonds. The molecule has 112 valence electrons. The Hall–Kier alpha value is -1.72. The van der Waals surface area contributed by atoms with E-state index in [1.54, 1.807) is 0 Å². The third-order valence-corrected chi connectivity index (χ3v) is 4.00.